The molecule has 9 rings (SSSR count). The Balaban J connectivity index is 0.00000576. The number of furan rings is 1. The first-order valence-electron chi connectivity index (χ1n) is 22.6. The summed E-state index contributed by atoms with van der Waals surface area (Å²) in [6, 6.07) is 44.1. The number of hydrogen-bond acceptors (Lipinski definition) is 4. The molecule has 316 valence electrons. The number of aryl methyl sites for hydroxylation is 1. The SMILES string of the molecule is [2H]C([2H])([2H])c1ccc(-c2ccnc(-c3[c-]c(-c4cccc5c4nc(-c4cc(C(C)(C)C)cc(C(C)(C)C)c4O)n5Cc4cccc5oc6ccccc6c45)cc(C(C)(C)C)c3)c2)cc1.[Pt]. The average Bonchev–Trinajstić information content (AvgIpc) is 3.81. The Kier molecular flexibility index (Phi) is 10.00. The van der Waals surface area contributed by atoms with Gasteiger partial charge in [0, 0.05) is 53.4 Å². The minimum atomic E-state index is -2.17. The van der Waals surface area contributed by atoms with E-state index in [4.69, 9.17) is 18.5 Å². The molecule has 0 saturated heterocycles. The minimum absolute atomic E-state index is 0. The predicted molar refractivity (Wildman–Crippen MR) is 253 cm³/mol. The van der Waals surface area contributed by atoms with E-state index in [2.05, 4.69) is 128 Å². The minimum Gasteiger partial charge on any atom is -0.507 e. The Hall–Kier alpha value is -5.77. The average molecular weight is 999 g/mol. The number of aromatic hydroxyl groups is 1. The summed E-state index contributed by atoms with van der Waals surface area (Å²) >= 11 is 0. The van der Waals surface area contributed by atoms with Crippen LogP contribution < -0.4 is 0 Å². The zero-order chi connectivity index (χ0) is 45.5. The summed E-state index contributed by atoms with van der Waals surface area (Å²) in [6.45, 7) is 18.0. The van der Waals surface area contributed by atoms with Crippen LogP contribution in [0.2, 0.25) is 0 Å². The summed E-state index contributed by atoms with van der Waals surface area (Å²) < 4.78 is 32.1. The summed E-state index contributed by atoms with van der Waals surface area (Å²) in [6.07, 6.45) is 1.79. The van der Waals surface area contributed by atoms with Crippen LogP contribution in [0, 0.1) is 12.9 Å². The number of imidazole rings is 1. The molecule has 6 heteroatoms. The van der Waals surface area contributed by atoms with Crippen molar-refractivity contribution in [1.82, 2.24) is 14.5 Å². The van der Waals surface area contributed by atoms with Gasteiger partial charge in [-0.3, -0.25) is 4.98 Å². The van der Waals surface area contributed by atoms with Crippen molar-refractivity contribution in [2.45, 2.75) is 92.0 Å². The summed E-state index contributed by atoms with van der Waals surface area (Å²) in [4.78, 5) is 10.4. The van der Waals surface area contributed by atoms with Gasteiger partial charge in [-0.2, -0.15) is 0 Å². The second-order valence-corrected chi connectivity index (χ2v) is 19.5. The molecule has 6 aromatic carbocycles. The largest absolute Gasteiger partial charge is 0.507 e. The molecule has 0 saturated carbocycles. The summed E-state index contributed by atoms with van der Waals surface area (Å²) in [5.74, 6) is 0.903. The molecule has 0 atom stereocenters. The Morgan fingerprint density at radius 1 is 0.677 bits per heavy atom. The number of aromatic nitrogens is 3. The maximum atomic E-state index is 12.4. The fraction of sp³-hybridized carbons (Fsp3) is 0.250. The third kappa shape index (κ3) is 7.93. The van der Waals surface area contributed by atoms with Crippen LogP contribution in [0.15, 0.2) is 132 Å². The summed E-state index contributed by atoms with van der Waals surface area (Å²) in [5.41, 5.74) is 13.0. The molecule has 0 spiro atoms. The Morgan fingerprint density at radius 3 is 2.10 bits per heavy atom. The molecule has 0 radical (unpaired) electrons. The summed E-state index contributed by atoms with van der Waals surface area (Å²) in [7, 11) is 0. The van der Waals surface area contributed by atoms with Gasteiger partial charge in [-0.25, -0.2) is 4.98 Å². The van der Waals surface area contributed by atoms with Crippen LogP contribution in [-0.4, -0.2) is 19.6 Å². The van der Waals surface area contributed by atoms with Crippen molar-refractivity contribution < 1.29 is 34.7 Å². The number of pyridine rings is 1. The van der Waals surface area contributed by atoms with Crippen molar-refractivity contribution >= 4 is 33.0 Å². The third-order valence-corrected chi connectivity index (χ3v) is 11.9. The van der Waals surface area contributed by atoms with Crippen LogP contribution in [0.4, 0.5) is 0 Å². The molecule has 0 amide bonds. The van der Waals surface area contributed by atoms with Gasteiger partial charge in [0.05, 0.1) is 23.1 Å². The molecule has 0 aliphatic heterocycles. The molecule has 0 unspecified atom stereocenters. The first kappa shape index (κ1) is 39.1. The molecule has 9 aromatic rings. The number of nitrogens with zero attached hydrogens (tertiary/aromatic N) is 3. The molecule has 0 aliphatic rings. The Bertz CT molecular complexity index is 3250. The van der Waals surface area contributed by atoms with Crippen molar-refractivity contribution in [3.8, 4) is 50.6 Å². The fourth-order valence-electron chi connectivity index (χ4n) is 8.40. The summed E-state index contributed by atoms with van der Waals surface area (Å²) in [5, 5.41) is 14.5. The molecular weight excluding hydrogens is 942 g/mol. The van der Waals surface area contributed by atoms with Crippen LogP contribution in [0.3, 0.4) is 0 Å². The van der Waals surface area contributed by atoms with Crippen molar-refractivity contribution in [3.05, 3.63) is 161 Å². The van der Waals surface area contributed by atoms with E-state index in [-0.39, 0.29) is 43.1 Å². The second-order valence-electron chi connectivity index (χ2n) is 19.5. The van der Waals surface area contributed by atoms with E-state index >= 15 is 0 Å². The van der Waals surface area contributed by atoms with Gasteiger partial charge in [0.25, 0.3) is 0 Å². The van der Waals surface area contributed by atoms with Crippen LogP contribution in [0.5, 0.6) is 5.75 Å². The van der Waals surface area contributed by atoms with Crippen molar-refractivity contribution in [2.24, 2.45) is 0 Å². The molecular formula is C56H54N3O2Pt-. The molecule has 3 heterocycles. The van der Waals surface area contributed by atoms with Gasteiger partial charge < -0.3 is 14.1 Å². The van der Waals surface area contributed by atoms with Crippen molar-refractivity contribution in [1.29, 1.82) is 0 Å². The maximum absolute atomic E-state index is 12.4. The number of phenols is 1. The van der Waals surface area contributed by atoms with Gasteiger partial charge in [-0.05, 0) is 75.7 Å². The normalized spacial score (nSPS) is 13.3. The number of para-hydroxylation sites is 2. The topological polar surface area (TPSA) is 64.1 Å². The van der Waals surface area contributed by atoms with E-state index in [1.54, 1.807) is 18.3 Å². The fourth-order valence-corrected chi connectivity index (χ4v) is 8.40. The van der Waals surface area contributed by atoms with Crippen LogP contribution >= 0.6 is 0 Å². The van der Waals surface area contributed by atoms with E-state index in [0.717, 1.165) is 88.7 Å². The monoisotopic (exact) mass is 998 g/mol. The van der Waals surface area contributed by atoms with Gasteiger partial charge in [0.1, 0.15) is 22.7 Å². The quantitative estimate of drug-likeness (QED) is 0.169. The van der Waals surface area contributed by atoms with Crippen LogP contribution in [0.25, 0.3) is 77.9 Å². The van der Waals surface area contributed by atoms with E-state index < -0.39 is 6.85 Å². The van der Waals surface area contributed by atoms with Crippen LogP contribution in [-0.2, 0) is 43.9 Å². The van der Waals surface area contributed by atoms with Crippen molar-refractivity contribution in [2.75, 3.05) is 0 Å². The maximum Gasteiger partial charge on any atom is 0.144 e. The van der Waals surface area contributed by atoms with Gasteiger partial charge in [0.2, 0.25) is 0 Å². The van der Waals surface area contributed by atoms with E-state index in [0.29, 0.717) is 23.5 Å². The second kappa shape index (κ2) is 15.8. The molecule has 62 heavy (non-hydrogen) atoms. The number of hydrogen-bond donors (Lipinski definition) is 1. The van der Waals surface area contributed by atoms with Gasteiger partial charge in [-0.1, -0.05) is 158 Å². The molecule has 0 bridgehead atoms. The van der Waals surface area contributed by atoms with Gasteiger partial charge in [0.15, 0.2) is 0 Å². The molecule has 0 fully saturated rings. The van der Waals surface area contributed by atoms with Gasteiger partial charge in [-0.15, -0.1) is 29.3 Å². The molecule has 0 aliphatic carbocycles. The molecule has 1 N–H and O–H groups in total. The first-order valence-corrected chi connectivity index (χ1v) is 21.1. The third-order valence-electron chi connectivity index (χ3n) is 11.9. The smallest absolute Gasteiger partial charge is 0.144 e. The first-order chi connectivity index (χ1) is 30.1. The molecule has 5 nitrogen and oxygen atoms in total. The zero-order valence-electron chi connectivity index (χ0n) is 39.8. The number of fused-ring (bicyclic) bond motifs is 4. The Morgan fingerprint density at radius 2 is 1.37 bits per heavy atom. The van der Waals surface area contributed by atoms with Crippen LogP contribution in [0.1, 0.15) is 94.2 Å². The van der Waals surface area contributed by atoms with Crippen molar-refractivity contribution in [3.63, 3.8) is 0 Å². The standard InChI is InChI=1S/C56H54N3O2.Pt/c1-34-21-23-35(24-22-34)36-25-26-57-46(30-36)39-27-38(28-40(29-39)54(2,3)4)42-17-14-18-47-51(42)58-53(44-31-41(55(5,6)7)32-45(52(44)60)56(8,9)10)59(47)33-37-15-13-20-49-50(37)43-16-11-12-19-48(43)61-49;/h11-26,28-32,60H,33H2,1-10H3;/q-1;/i1D3;. The van der Waals surface area contributed by atoms with E-state index in [1.807, 2.05) is 54.6 Å². The predicted octanol–water partition coefficient (Wildman–Crippen LogP) is 14.8. The van der Waals surface area contributed by atoms with Gasteiger partial charge >= 0.3 is 0 Å². The Labute approximate surface area is 384 Å². The number of phenolic OH excluding ortho intramolecular Hbond substituents is 1. The molecule has 3 aromatic heterocycles. The number of rotatable bonds is 6. The number of benzene rings is 6. The van der Waals surface area contributed by atoms with E-state index in [1.165, 1.54) is 0 Å². The van der Waals surface area contributed by atoms with E-state index in [9.17, 15) is 5.11 Å². The zero-order valence-corrected chi connectivity index (χ0v) is 39.1.